The lowest BCUT2D eigenvalue weighted by atomic mass is 9.81. The van der Waals surface area contributed by atoms with Crippen molar-refractivity contribution < 1.29 is 41.4 Å². The number of para-hydroxylation sites is 2. The normalized spacial score (nSPS) is 15.7. The Labute approximate surface area is 246 Å². The van der Waals surface area contributed by atoms with E-state index >= 15 is 0 Å². The molecule has 2 heterocycles. The van der Waals surface area contributed by atoms with Gasteiger partial charge in [-0.05, 0) is 47.5 Å². The lowest BCUT2D eigenvalue weighted by molar-refractivity contribution is -0.274. The Kier molecular flexibility index (Phi) is 6.64. The predicted molar refractivity (Wildman–Crippen MR) is 155 cm³/mol. The van der Waals surface area contributed by atoms with Crippen LogP contribution in [0.3, 0.4) is 0 Å². The van der Waals surface area contributed by atoms with Gasteiger partial charge in [0, 0.05) is 70.5 Å². The molecule has 44 heavy (non-hydrogen) atoms. The number of alkyl halides is 6. The molecular formula is C33H26F6N2O3. The van der Waals surface area contributed by atoms with Crippen LogP contribution >= 0.6 is 0 Å². The molecule has 2 N–H and O–H groups in total. The van der Waals surface area contributed by atoms with Crippen LogP contribution in [0.25, 0.3) is 43.6 Å². The van der Waals surface area contributed by atoms with Crippen molar-refractivity contribution in [1.29, 1.82) is 0 Å². The molecule has 4 aromatic carbocycles. The fourth-order valence-corrected chi connectivity index (χ4v) is 6.22. The van der Waals surface area contributed by atoms with Gasteiger partial charge in [-0.1, -0.05) is 48.5 Å². The summed E-state index contributed by atoms with van der Waals surface area (Å²) < 4.78 is 90.4. The summed E-state index contributed by atoms with van der Waals surface area (Å²) in [6.07, 6.45) is -14.3. The van der Waals surface area contributed by atoms with Gasteiger partial charge < -0.3 is 19.3 Å². The van der Waals surface area contributed by atoms with Gasteiger partial charge in [-0.15, -0.1) is 0 Å². The summed E-state index contributed by atoms with van der Waals surface area (Å²) in [4.78, 5) is 13.1. The van der Waals surface area contributed by atoms with Gasteiger partial charge in [0.1, 0.15) is 5.78 Å². The Morgan fingerprint density at radius 3 is 1.27 bits per heavy atom. The van der Waals surface area contributed by atoms with Crippen molar-refractivity contribution in [3.05, 3.63) is 96.1 Å². The minimum absolute atomic E-state index is 0.367. The summed E-state index contributed by atoms with van der Waals surface area (Å²) >= 11 is 0. The van der Waals surface area contributed by atoms with Crippen molar-refractivity contribution in [2.45, 2.75) is 36.4 Å². The molecule has 6 rings (SSSR count). The van der Waals surface area contributed by atoms with Crippen molar-refractivity contribution in [1.82, 2.24) is 9.13 Å². The second-order valence-corrected chi connectivity index (χ2v) is 11.2. The summed E-state index contributed by atoms with van der Waals surface area (Å²) in [6, 6.07) is 20.7. The van der Waals surface area contributed by atoms with Crippen molar-refractivity contribution in [2.24, 2.45) is 14.1 Å². The first kappa shape index (κ1) is 29.7. The molecule has 0 radical (unpaired) electrons. The number of aryl methyl sites for hydroxylation is 2. The van der Waals surface area contributed by atoms with Crippen LogP contribution in [0.15, 0.2) is 84.9 Å². The second kappa shape index (κ2) is 9.83. The zero-order chi connectivity index (χ0) is 31.8. The number of benzene rings is 4. The molecule has 0 saturated heterocycles. The molecular weight excluding hydrogens is 586 g/mol. The monoisotopic (exact) mass is 612 g/mol. The van der Waals surface area contributed by atoms with E-state index in [0.29, 0.717) is 43.6 Å². The van der Waals surface area contributed by atoms with E-state index in [9.17, 15) is 41.4 Å². The third-order valence-electron chi connectivity index (χ3n) is 8.63. The van der Waals surface area contributed by atoms with Crippen LogP contribution in [-0.4, -0.2) is 37.5 Å². The van der Waals surface area contributed by atoms with E-state index < -0.39 is 53.3 Å². The molecule has 2 aromatic heterocycles. The Morgan fingerprint density at radius 1 is 0.568 bits per heavy atom. The summed E-state index contributed by atoms with van der Waals surface area (Å²) in [7, 11) is 3.44. The third kappa shape index (κ3) is 4.36. The van der Waals surface area contributed by atoms with Crippen LogP contribution in [0.5, 0.6) is 0 Å². The lowest BCUT2D eigenvalue weighted by Gasteiger charge is -2.34. The summed E-state index contributed by atoms with van der Waals surface area (Å²) in [5.74, 6) is -1.62. The molecule has 2 atom stereocenters. The van der Waals surface area contributed by atoms with Crippen LogP contribution in [0.4, 0.5) is 26.3 Å². The highest BCUT2D eigenvalue weighted by Crippen LogP contribution is 2.47. The summed E-state index contributed by atoms with van der Waals surface area (Å²) in [5, 5.41) is 24.0. The first-order chi connectivity index (χ1) is 20.6. The number of hydrogen-bond donors (Lipinski definition) is 2. The second-order valence-electron chi connectivity index (χ2n) is 11.2. The first-order valence-corrected chi connectivity index (χ1v) is 13.6. The molecule has 0 unspecified atom stereocenters. The molecule has 0 fully saturated rings. The minimum Gasteiger partial charge on any atom is -0.376 e. The smallest absolute Gasteiger partial charge is 0.376 e. The van der Waals surface area contributed by atoms with Crippen LogP contribution < -0.4 is 0 Å². The predicted octanol–water partition coefficient (Wildman–Crippen LogP) is 7.53. The minimum atomic E-state index is -5.43. The Bertz CT molecular complexity index is 1940. The number of halogens is 6. The standard InChI is InChI=1S/C33H26F6N2O3/c1-40-26-9-5-3-7-22(26)24-15-19(11-13-28(24)40)30(43,32(34,35)36)17-21(42)18-31(44,33(37,38)39)20-12-14-29-25(16-20)23-8-4-6-10-27(23)41(29)2/h3-16,43-44H,17-18H2,1-2H3/t30-,31-/m0/s1. The molecule has 228 valence electrons. The van der Waals surface area contributed by atoms with Crippen molar-refractivity contribution in [2.75, 3.05) is 0 Å². The van der Waals surface area contributed by atoms with E-state index in [4.69, 9.17) is 0 Å². The molecule has 0 aliphatic heterocycles. The average Bonchev–Trinajstić information content (AvgIpc) is 3.42. The van der Waals surface area contributed by atoms with Crippen LogP contribution in [0.2, 0.25) is 0 Å². The van der Waals surface area contributed by atoms with Gasteiger partial charge in [0.25, 0.3) is 0 Å². The van der Waals surface area contributed by atoms with E-state index in [1.54, 1.807) is 71.8 Å². The molecule has 0 aliphatic rings. The fourth-order valence-electron chi connectivity index (χ4n) is 6.22. The molecule has 0 saturated carbocycles. The highest BCUT2D eigenvalue weighted by Gasteiger charge is 2.59. The van der Waals surface area contributed by atoms with Crippen molar-refractivity contribution in [3.8, 4) is 0 Å². The number of rotatable bonds is 6. The molecule has 0 amide bonds. The largest absolute Gasteiger partial charge is 0.421 e. The van der Waals surface area contributed by atoms with E-state index in [1.807, 2.05) is 0 Å². The topological polar surface area (TPSA) is 67.4 Å². The average molecular weight is 613 g/mol. The number of Topliss-reactive ketones (excluding diaryl/α,β-unsaturated/α-hetero) is 1. The highest BCUT2D eigenvalue weighted by atomic mass is 19.4. The third-order valence-corrected chi connectivity index (χ3v) is 8.63. The molecule has 6 aromatic rings. The quantitative estimate of drug-likeness (QED) is 0.191. The number of ketones is 1. The van der Waals surface area contributed by atoms with E-state index in [2.05, 4.69) is 0 Å². The summed E-state index contributed by atoms with van der Waals surface area (Å²) in [5.41, 5.74) is -6.50. The molecule has 5 nitrogen and oxygen atoms in total. The maximum Gasteiger partial charge on any atom is 0.421 e. The molecule has 0 aliphatic carbocycles. The number of hydrogen-bond acceptors (Lipinski definition) is 3. The van der Waals surface area contributed by atoms with E-state index in [1.165, 1.54) is 12.1 Å². The van der Waals surface area contributed by atoms with Crippen molar-refractivity contribution >= 4 is 49.4 Å². The maximum absolute atomic E-state index is 14.5. The zero-order valence-corrected chi connectivity index (χ0v) is 23.5. The number of aliphatic hydroxyl groups is 2. The number of carbonyl (C=O) groups excluding carboxylic acids is 1. The molecule has 11 heteroatoms. The van der Waals surface area contributed by atoms with Gasteiger partial charge in [0.05, 0.1) is 0 Å². The first-order valence-electron chi connectivity index (χ1n) is 13.6. The summed E-state index contributed by atoms with van der Waals surface area (Å²) in [6.45, 7) is 0. The Hall–Kier alpha value is -4.35. The van der Waals surface area contributed by atoms with Crippen LogP contribution in [0, 0.1) is 0 Å². The Morgan fingerprint density at radius 2 is 0.909 bits per heavy atom. The van der Waals surface area contributed by atoms with Gasteiger partial charge >= 0.3 is 12.4 Å². The highest BCUT2D eigenvalue weighted by molar-refractivity contribution is 6.09. The maximum atomic E-state index is 14.5. The van der Waals surface area contributed by atoms with Gasteiger partial charge in [-0.2, -0.15) is 26.3 Å². The lowest BCUT2D eigenvalue weighted by Crippen LogP contribution is -2.47. The van der Waals surface area contributed by atoms with Gasteiger partial charge in [-0.25, -0.2) is 0 Å². The fraction of sp³-hybridized carbons (Fsp3) is 0.242. The Balaban J connectivity index is 1.41. The number of nitrogens with zero attached hydrogens (tertiary/aromatic N) is 2. The molecule has 0 bridgehead atoms. The van der Waals surface area contributed by atoms with Gasteiger partial charge in [0.2, 0.25) is 0 Å². The SMILES string of the molecule is Cn1c2ccccc2c2cc([C@@](O)(CC(=O)C[C@](O)(c3ccc4c(c3)c3ccccc3n4C)C(F)(F)F)C(F)(F)F)ccc21. The molecule has 0 spiro atoms. The van der Waals surface area contributed by atoms with Crippen molar-refractivity contribution in [3.63, 3.8) is 0 Å². The zero-order valence-electron chi connectivity index (χ0n) is 23.5. The van der Waals surface area contributed by atoms with E-state index in [0.717, 1.165) is 24.3 Å². The van der Waals surface area contributed by atoms with Crippen LogP contribution in [-0.2, 0) is 30.1 Å². The number of aromatic nitrogens is 2. The van der Waals surface area contributed by atoms with Crippen LogP contribution in [0.1, 0.15) is 24.0 Å². The van der Waals surface area contributed by atoms with Gasteiger partial charge in [0.15, 0.2) is 11.2 Å². The van der Waals surface area contributed by atoms with E-state index in [-0.39, 0.29) is 0 Å². The number of fused-ring (bicyclic) bond motifs is 6. The van der Waals surface area contributed by atoms with Gasteiger partial charge in [-0.3, -0.25) is 4.79 Å². The number of carbonyl (C=O) groups is 1.